The molecule has 0 aliphatic rings. The number of amides is 2. The Kier molecular flexibility index (Phi) is 9.19. The van der Waals surface area contributed by atoms with Gasteiger partial charge in [0.15, 0.2) is 6.04 Å². The maximum absolute atomic E-state index is 13.7. The van der Waals surface area contributed by atoms with E-state index in [0.29, 0.717) is 11.1 Å². The van der Waals surface area contributed by atoms with E-state index in [1.54, 1.807) is 54.6 Å². The van der Waals surface area contributed by atoms with Crippen molar-refractivity contribution in [3.05, 3.63) is 81.0 Å². The van der Waals surface area contributed by atoms with Crippen molar-refractivity contribution in [1.82, 2.24) is 20.2 Å². The van der Waals surface area contributed by atoms with Gasteiger partial charge >= 0.3 is 11.7 Å². The van der Waals surface area contributed by atoms with Crippen LogP contribution in [0.25, 0.3) is 10.9 Å². The maximum Gasteiger partial charge on any atom is 0.329 e. The number of carbonyl (C=O) groups excluding carboxylic acids is 2. The average Bonchev–Trinajstić information content (AvgIpc) is 2.86. The Morgan fingerprint density at radius 2 is 1.55 bits per heavy atom. The highest BCUT2D eigenvalue weighted by atomic mass is 16.4. The fraction of sp³-hybridized carbons (Fsp3) is 0.370. The van der Waals surface area contributed by atoms with Crippen molar-refractivity contribution in [3.8, 4) is 0 Å². The zero-order valence-corrected chi connectivity index (χ0v) is 21.4. The van der Waals surface area contributed by atoms with Crippen molar-refractivity contribution in [2.75, 3.05) is 0 Å². The molecule has 5 N–H and O–H groups in total. The number of aliphatic hydroxyl groups is 1. The number of para-hydroxylation sites is 1. The quantitative estimate of drug-likeness (QED) is 0.249. The standard InChI is InChI=1S/C27H32N4O7/c1-15(2)13-20(23(33)30-22(16(3)32)26(36)37)28-24(34)21(14-17-9-5-4-6-10-17)31-25(35)18-11-7-8-12-19(18)29-27(31)38/h4-12,15-16,20-22,32H,13-14H2,1-3H3,(H,28,34)(H,29,38)(H,30,33)(H,36,37)/t16-,20+,21+,22+/m1/s1. The first-order chi connectivity index (χ1) is 18.0. The Labute approximate surface area is 218 Å². The van der Waals surface area contributed by atoms with Crippen molar-refractivity contribution in [2.24, 2.45) is 5.92 Å². The molecule has 11 heteroatoms. The van der Waals surface area contributed by atoms with Gasteiger partial charge < -0.3 is 25.8 Å². The van der Waals surface area contributed by atoms with Crippen LogP contribution in [0.1, 0.15) is 38.8 Å². The predicted octanol–water partition coefficient (Wildman–Crippen LogP) is 0.955. The van der Waals surface area contributed by atoms with E-state index in [-0.39, 0.29) is 24.1 Å². The van der Waals surface area contributed by atoms with Crippen LogP contribution in [0.2, 0.25) is 0 Å². The number of fused-ring (bicyclic) bond motifs is 1. The molecular formula is C27H32N4O7. The number of aliphatic hydroxyl groups excluding tert-OH is 1. The van der Waals surface area contributed by atoms with Crippen LogP contribution < -0.4 is 21.9 Å². The number of rotatable bonds is 11. The molecule has 1 aromatic heterocycles. The minimum Gasteiger partial charge on any atom is -0.480 e. The van der Waals surface area contributed by atoms with Crippen molar-refractivity contribution in [2.45, 2.75) is 57.8 Å². The van der Waals surface area contributed by atoms with Gasteiger partial charge in [-0.05, 0) is 37.0 Å². The first-order valence-corrected chi connectivity index (χ1v) is 12.3. The summed E-state index contributed by atoms with van der Waals surface area (Å²) in [5.74, 6) is -3.08. The molecule has 0 aliphatic heterocycles. The van der Waals surface area contributed by atoms with E-state index in [2.05, 4.69) is 15.6 Å². The van der Waals surface area contributed by atoms with Crippen molar-refractivity contribution in [1.29, 1.82) is 0 Å². The minimum absolute atomic E-state index is 0.0184. The molecule has 202 valence electrons. The van der Waals surface area contributed by atoms with Gasteiger partial charge in [0.05, 0.1) is 17.0 Å². The van der Waals surface area contributed by atoms with Gasteiger partial charge in [0.25, 0.3) is 5.56 Å². The number of nitrogens with zero attached hydrogens (tertiary/aromatic N) is 1. The topological polar surface area (TPSA) is 171 Å². The summed E-state index contributed by atoms with van der Waals surface area (Å²) in [6.45, 7) is 4.86. The number of H-pyrrole nitrogens is 1. The van der Waals surface area contributed by atoms with E-state index in [9.17, 15) is 34.2 Å². The molecule has 2 aromatic carbocycles. The molecule has 0 aliphatic carbocycles. The number of hydrogen-bond donors (Lipinski definition) is 5. The van der Waals surface area contributed by atoms with Gasteiger partial charge in [-0.2, -0.15) is 0 Å². The predicted molar refractivity (Wildman–Crippen MR) is 141 cm³/mol. The van der Waals surface area contributed by atoms with Gasteiger partial charge in [-0.25, -0.2) is 14.2 Å². The molecule has 3 aromatic rings. The zero-order chi connectivity index (χ0) is 28.0. The number of carbonyl (C=O) groups is 3. The summed E-state index contributed by atoms with van der Waals surface area (Å²) >= 11 is 0. The lowest BCUT2D eigenvalue weighted by molar-refractivity contribution is -0.145. The Morgan fingerprint density at radius 1 is 0.921 bits per heavy atom. The fourth-order valence-corrected chi connectivity index (χ4v) is 4.21. The van der Waals surface area contributed by atoms with Crippen molar-refractivity contribution in [3.63, 3.8) is 0 Å². The number of aliphatic carboxylic acids is 1. The molecule has 0 bridgehead atoms. The van der Waals surface area contributed by atoms with Gasteiger partial charge in [-0.3, -0.25) is 14.4 Å². The normalized spacial score (nSPS) is 14.4. The Morgan fingerprint density at radius 3 is 2.16 bits per heavy atom. The van der Waals surface area contributed by atoms with Crippen LogP contribution >= 0.6 is 0 Å². The molecule has 0 unspecified atom stereocenters. The van der Waals surface area contributed by atoms with Crippen LogP contribution in [-0.2, 0) is 20.8 Å². The summed E-state index contributed by atoms with van der Waals surface area (Å²) in [4.78, 5) is 67.2. The van der Waals surface area contributed by atoms with Crippen LogP contribution in [0.5, 0.6) is 0 Å². The smallest absolute Gasteiger partial charge is 0.329 e. The molecule has 2 amide bonds. The minimum atomic E-state index is -1.58. The Hall–Kier alpha value is -4.25. The van der Waals surface area contributed by atoms with Gasteiger partial charge in [0, 0.05) is 6.42 Å². The summed E-state index contributed by atoms with van der Waals surface area (Å²) < 4.78 is 0.838. The maximum atomic E-state index is 13.7. The first kappa shape index (κ1) is 28.3. The Bertz CT molecular complexity index is 1410. The molecule has 38 heavy (non-hydrogen) atoms. The van der Waals surface area contributed by atoms with Crippen molar-refractivity contribution < 1.29 is 24.6 Å². The van der Waals surface area contributed by atoms with E-state index in [4.69, 9.17) is 0 Å². The molecule has 3 rings (SSSR count). The summed E-state index contributed by atoms with van der Waals surface area (Å²) in [7, 11) is 0. The van der Waals surface area contributed by atoms with E-state index in [1.807, 2.05) is 13.8 Å². The number of hydrogen-bond acceptors (Lipinski definition) is 6. The van der Waals surface area contributed by atoms with Gasteiger partial charge in [0.2, 0.25) is 11.8 Å². The number of aromatic nitrogens is 2. The lowest BCUT2D eigenvalue weighted by Crippen LogP contribution is -2.56. The lowest BCUT2D eigenvalue weighted by Gasteiger charge is -2.26. The highest BCUT2D eigenvalue weighted by molar-refractivity contribution is 5.91. The highest BCUT2D eigenvalue weighted by Crippen LogP contribution is 2.15. The number of nitrogens with one attached hydrogen (secondary N) is 3. The largest absolute Gasteiger partial charge is 0.480 e. The second-order valence-electron chi connectivity index (χ2n) is 9.61. The van der Waals surface area contributed by atoms with E-state index < -0.39 is 53.3 Å². The third-order valence-corrected chi connectivity index (χ3v) is 6.11. The number of aromatic amines is 1. The van der Waals surface area contributed by atoms with E-state index >= 15 is 0 Å². The summed E-state index contributed by atoms with van der Waals surface area (Å²) in [5.41, 5.74) is -0.440. The number of carboxylic acids is 1. The number of carboxylic acid groups (broad SMARTS) is 1. The van der Waals surface area contributed by atoms with Crippen molar-refractivity contribution >= 4 is 28.7 Å². The van der Waals surface area contributed by atoms with Gasteiger partial charge in [0.1, 0.15) is 12.1 Å². The van der Waals surface area contributed by atoms with E-state index in [1.165, 1.54) is 6.92 Å². The van der Waals surface area contributed by atoms with Gasteiger partial charge in [-0.1, -0.05) is 56.3 Å². The monoisotopic (exact) mass is 524 g/mol. The van der Waals surface area contributed by atoms with Crippen LogP contribution in [0.4, 0.5) is 0 Å². The first-order valence-electron chi connectivity index (χ1n) is 12.3. The second kappa shape index (κ2) is 12.3. The highest BCUT2D eigenvalue weighted by Gasteiger charge is 2.33. The summed E-state index contributed by atoms with van der Waals surface area (Å²) in [5, 5.41) is 24.2. The number of benzene rings is 2. The molecule has 1 heterocycles. The fourth-order valence-electron chi connectivity index (χ4n) is 4.21. The molecule has 0 saturated heterocycles. The molecular weight excluding hydrogens is 492 g/mol. The second-order valence-corrected chi connectivity index (χ2v) is 9.61. The molecule has 0 saturated carbocycles. The third kappa shape index (κ3) is 6.74. The summed E-state index contributed by atoms with van der Waals surface area (Å²) in [6.07, 6.45) is -1.26. The molecule has 0 radical (unpaired) electrons. The molecule has 0 fully saturated rings. The third-order valence-electron chi connectivity index (χ3n) is 6.11. The lowest BCUT2D eigenvalue weighted by atomic mass is 10.00. The SMILES string of the molecule is CC(C)C[C@H](NC(=O)[C@H](Cc1ccccc1)n1c(=O)[nH]c2ccccc2c1=O)C(=O)N[C@H](C(=O)O)[C@@H](C)O. The summed E-state index contributed by atoms with van der Waals surface area (Å²) in [6, 6.07) is 11.2. The molecule has 4 atom stereocenters. The van der Waals surface area contributed by atoms with Crippen LogP contribution in [0.15, 0.2) is 64.2 Å². The molecule has 11 nitrogen and oxygen atoms in total. The van der Waals surface area contributed by atoms with E-state index in [0.717, 1.165) is 4.57 Å². The van der Waals surface area contributed by atoms with Crippen LogP contribution in [0.3, 0.4) is 0 Å². The van der Waals surface area contributed by atoms with Crippen LogP contribution in [0, 0.1) is 5.92 Å². The van der Waals surface area contributed by atoms with Crippen LogP contribution in [-0.4, -0.2) is 55.7 Å². The molecule has 0 spiro atoms. The van der Waals surface area contributed by atoms with Gasteiger partial charge in [-0.15, -0.1) is 0 Å². The Balaban J connectivity index is 2.02. The average molecular weight is 525 g/mol. The zero-order valence-electron chi connectivity index (χ0n) is 21.4.